The van der Waals surface area contributed by atoms with E-state index in [0.29, 0.717) is 18.7 Å². The summed E-state index contributed by atoms with van der Waals surface area (Å²) >= 11 is 0. The van der Waals surface area contributed by atoms with Crippen LogP contribution in [0, 0.1) is 15.9 Å². The molecule has 0 saturated heterocycles. The number of nitro benzene ring substituents is 1. The van der Waals surface area contributed by atoms with Crippen LogP contribution in [0.1, 0.15) is 17.7 Å². The van der Waals surface area contributed by atoms with Gasteiger partial charge in [0.25, 0.3) is 0 Å². The zero-order chi connectivity index (χ0) is 14.5. The number of halogens is 1. The molecular formula is C12H14FN5O2. The molecule has 106 valence electrons. The van der Waals surface area contributed by atoms with Gasteiger partial charge in [0.1, 0.15) is 0 Å². The predicted octanol–water partition coefficient (Wildman–Crippen LogP) is 1.26. The van der Waals surface area contributed by atoms with Crippen molar-refractivity contribution in [2.24, 2.45) is 5.73 Å². The maximum absolute atomic E-state index is 13.5. The third-order valence-electron chi connectivity index (χ3n) is 2.78. The normalized spacial score (nSPS) is 10.7. The van der Waals surface area contributed by atoms with Crippen LogP contribution in [0.15, 0.2) is 24.4 Å². The van der Waals surface area contributed by atoms with Gasteiger partial charge < -0.3 is 5.73 Å². The van der Waals surface area contributed by atoms with Crippen LogP contribution in [-0.2, 0) is 13.0 Å². The van der Waals surface area contributed by atoms with E-state index in [2.05, 4.69) is 10.3 Å². The Labute approximate surface area is 114 Å². The highest BCUT2D eigenvalue weighted by atomic mass is 19.1. The summed E-state index contributed by atoms with van der Waals surface area (Å²) in [4.78, 5) is 9.77. The second-order valence-electron chi connectivity index (χ2n) is 4.34. The Morgan fingerprint density at radius 2 is 2.25 bits per heavy atom. The topological polar surface area (TPSA) is 99.9 Å². The Balaban J connectivity index is 2.08. The van der Waals surface area contributed by atoms with Gasteiger partial charge in [0.05, 0.1) is 17.2 Å². The van der Waals surface area contributed by atoms with Crippen LogP contribution in [0.4, 0.5) is 10.1 Å². The lowest BCUT2D eigenvalue weighted by molar-refractivity contribution is -0.387. The Kier molecular flexibility index (Phi) is 4.36. The van der Waals surface area contributed by atoms with Crippen LogP contribution in [0.2, 0.25) is 0 Å². The maximum atomic E-state index is 13.5. The lowest BCUT2D eigenvalue weighted by Gasteiger charge is -2.01. The first-order valence-electron chi connectivity index (χ1n) is 6.12. The van der Waals surface area contributed by atoms with Crippen LogP contribution in [0.3, 0.4) is 0 Å². The molecule has 0 aliphatic carbocycles. The van der Waals surface area contributed by atoms with Crippen LogP contribution < -0.4 is 5.73 Å². The van der Waals surface area contributed by atoms with Crippen LogP contribution in [-0.4, -0.2) is 26.5 Å². The van der Waals surface area contributed by atoms with Crippen molar-refractivity contribution in [2.75, 3.05) is 6.54 Å². The number of aryl methyl sites for hydroxylation is 1. The van der Waals surface area contributed by atoms with E-state index < -0.39 is 16.4 Å². The third-order valence-corrected chi connectivity index (χ3v) is 2.78. The molecule has 1 aromatic heterocycles. The molecule has 0 atom stereocenters. The van der Waals surface area contributed by atoms with Gasteiger partial charge in [-0.15, -0.1) is 5.10 Å². The number of nitrogens with two attached hydrogens (primary N) is 1. The van der Waals surface area contributed by atoms with Crippen molar-refractivity contribution in [3.05, 3.63) is 51.6 Å². The molecule has 2 aromatic rings. The van der Waals surface area contributed by atoms with Crippen LogP contribution in [0.5, 0.6) is 0 Å². The molecule has 0 spiro atoms. The minimum Gasteiger partial charge on any atom is -0.330 e. The van der Waals surface area contributed by atoms with Crippen molar-refractivity contribution < 1.29 is 9.31 Å². The average Bonchev–Trinajstić information content (AvgIpc) is 2.83. The number of benzene rings is 1. The fourth-order valence-electron chi connectivity index (χ4n) is 1.80. The van der Waals surface area contributed by atoms with Gasteiger partial charge >= 0.3 is 5.69 Å². The zero-order valence-electron chi connectivity index (χ0n) is 10.7. The van der Waals surface area contributed by atoms with E-state index in [-0.39, 0.29) is 0 Å². The molecule has 0 radical (unpaired) electrons. The largest absolute Gasteiger partial charge is 0.330 e. The third kappa shape index (κ3) is 3.35. The highest BCUT2D eigenvalue weighted by Crippen LogP contribution is 2.18. The molecule has 0 bridgehead atoms. The van der Waals surface area contributed by atoms with Gasteiger partial charge in [-0.25, -0.2) is 4.68 Å². The number of hydrogen-bond acceptors (Lipinski definition) is 5. The molecule has 2 N–H and O–H groups in total. The van der Waals surface area contributed by atoms with Gasteiger partial charge in [0.15, 0.2) is 0 Å². The molecule has 8 heteroatoms. The van der Waals surface area contributed by atoms with E-state index in [0.717, 1.165) is 30.7 Å². The predicted molar refractivity (Wildman–Crippen MR) is 69.6 cm³/mol. The molecule has 2 rings (SSSR count). The van der Waals surface area contributed by atoms with Crippen molar-refractivity contribution in [2.45, 2.75) is 19.4 Å². The summed E-state index contributed by atoms with van der Waals surface area (Å²) in [6.07, 6.45) is 3.32. The Hall–Kier alpha value is -2.35. The number of aromatic nitrogens is 3. The lowest BCUT2D eigenvalue weighted by atomic mass is 10.2. The highest BCUT2D eigenvalue weighted by molar-refractivity contribution is 5.35. The van der Waals surface area contributed by atoms with Crippen molar-refractivity contribution in [1.29, 1.82) is 0 Å². The number of rotatable bonds is 6. The SMILES string of the molecule is NCCCc1cn(Cc2ccc([N+](=O)[O-])c(F)c2)nn1. The van der Waals surface area contributed by atoms with E-state index in [4.69, 9.17) is 5.73 Å². The lowest BCUT2D eigenvalue weighted by Crippen LogP contribution is -2.02. The first kappa shape index (κ1) is 14.1. The molecule has 20 heavy (non-hydrogen) atoms. The molecular weight excluding hydrogens is 265 g/mol. The van der Waals surface area contributed by atoms with E-state index in [1.165, 1.54) is 6.07 Å². The van der Waals surface area contributed by atoms with Gasteiger partial charge in [-0.2, -0.15) is 4.39 Å². The van der Waals surface area contributed by atoms with Crippen LogP contribution >= 0.6 is 0 Å². The molecule has 0 unspecified atom stereocenters. The fraction of sp³-hybridized carbons (Fsp3) is 0.333. The second-order valence-corrected chi connectivity index (χ2v) is 4.34. The van der Waals surface area contributed by atoms with Gasteiger partial charge in [-0.1, -0.05) is 11.3 Å². The van der Waals surface area contributed by atoms with Crippen molar-refractivity contribution >= 4 is 5.69 Å². The maximum Gasteiger partial charge on any atom is 0.304 e. The summed E-state index contributed by atoms with van der Waals surface area (Å²) < 4.78 is 15.0. The molecule has 0 fully saturated rings. The Morgan fingerprint density at radius 3 is 2.90 bits per heavy atom. The van der Waals surface area contributed by atoms with Gasteiger partial charge in [0, 0.05) is 12.3 Å². The minimum absolute atomic E-state index is 0.310. The Morgan fingerprint density at radius 1 is 1.45 bits per heavy atom. The number of nitro groups is 1. The van der Waals surface area contributed by atoms with E-state index in [1.807, 2.05) is 0 Å². The first-order valence-corrected chi connectivity index (χ1v) is 6.12. The summed E-state index contributed by atoms with van der Waals surface area (Å²) in [5, 5.41) is 18.4. The van der Waals surface area contributed by atoms with E-state index in [9.17, 15) is 14.5 Å². The van der Waals surface area contributed by atoms with E-state index >= 15 is 0 Å². The smallest absolute Gasteiger partial charge is 0.304 e. The summed E-state index contributed by atoms with van der Waals surface area (Å²) in [6, 6.07) is 3.79. The summed E-state index contributed by atoms with van der Waals surface area (Å²) in [5.74, 6) is -0.851. The number of hydrogen-bond donors (Lipinski definition) is 1. The molecule has 0 saturated carbocycles. The molecule has 0 aliphatic heterocycles. The van der Waals surface area contributed by atoms with Crippen molar-refractivity contribution in [1.82, 2.24) is 15.0 Å². The Bertz CT molecular complexity index is 614. The first-order chi connectivity index (χ1) is 9.60. The van der Waals surface area contributed by atoms with Crippen LogP contribution in [0.25, 0.3) is 0 Å². The molecule has 0 amide bonds. The summed E-state index contributed by atoms with van der Waals surface area (Å²) in [7, 11) is 0. The standard InChI is InChI=1S/C12H14FN5O2/c13-11-6-9(3-4-12(11)18(19)20)7-17-8-10(15-16-17)2-1-5-14/h3-4,6,8H,1-2,5,7,14H2. The van der Waals surface area contributed by atoms with E-state index in [1.54, 1.807) is 10.9 Å². The van der Waals surface area contributed by atoms with Crippen molar-refractivity contribution in [3.63, 3.8) is 0 Å². The highest BCUT2D eigenvalue weighted by Gasteiger charge is 2.14. The minimum atomic E-state index is -0.851. The molecule has 7 nitrogen and oxygen atoms in total. The average molecular weight is 279 g/mol. The zero-order valence-corrected chi connectivity index (χ0v) is 10.7. The summed E-state index contributed by atoms with van der Waals surface area (Å²) in [5.41, 5.74) is 6.28. The summed E-state index contributed by atoms with van der Waals surface area (Å²) in [6.45, 7) is 0.894. The molecule has 1 aromatic carbocycles. The fourth-order valence-corrected chi connectivity index (χ4v) is 1.80. The second kappa shape index (κ2) is 6.20. The quantitative estimate of drug-likeness (QED) is 0.634. The van der Waals surface area contributed by atoms with Gasteiger partial charge in [-0.05, 0) is 31.0 Å². The van der Waals surface area contributed by atoms with Gasteiger partial charge in [0.2, 0.25) is 5.82 Å². The molecule has 0 aliphatic rings. The molecule has 1 heterocycles. The van der Waals surface area contributed by atoms with Crippen molar-refractivity contribution in [3.8, 4) is 0 Å². The monoisotopic (exact) mass is 279 g/mol. The number of nitrogens with zero attached hydrogens (tertiary/aromatic N) is 4. The van der Waals surface area contributed by atoms with Gasteiger partial charge in [-0.3, -0.25) is 10.1 Å².